The molecule has 1 aliphatic rings. The Morgan fingerprint density at radius 2 is 1.52 bits per heavy atom. The van der Waals surface area contributed by atoms with Gasteiger partial charge in [0.15, 0.2) is 0 Å². The van der Waals surface area contributed by atoms with E-state index in [9.17, 15) is 4.79 Å². The zero-order chi connectivity index (χ0) is 20.5. The number of benzene rings is 2. The van der Waals surface area contributed by atoms with Crippen LogP contribution in [-0.2, 0) is 4.79 Å². The molecule has 0 spiro atoms. The maximum atomic E-state index is 13.3. The number of piperazine rings is 1. The van der Waals surface area contributed by atoms with Crippen molar-refractivity contribution in [2.75, 3.05) is 52.4 Å². The van der Waals surface area contributed by atoms with Gasteiger partial charge in [-0.3, -0.25) is 14.6 Å². The minimum atomic E-state index is -0.196. The fraction of sp³-hybridized carbons (Fsp3) is 0.458. The highest BCUT2D eigenvalue weighted by Gasteiger charge is 2.32. The van der Waals surface area contributed by atoms with Crippen LogP contribution in [0.15, 0.2) is 60.7 Å². The predicted molar refractivity (Wildman–Crippen MR) is 117 cm³/mol. The Labute approximate surface area is 174 Å². The second-order valence-electron chi connectivity index (χ2n) is 7.36. The molecule has 156 valence electrons. The summed E-state index contributed by atoms with van der Waals surface area (Å²) >= 11 is 0. The van der Waals surface area contributed by atoms with Gasteiger partial charge in [-0.25, -0.2) is 0 Å². The van der Waals surface area contributed by atoms with Gasteiger partial charge in [0, 0.05) is 45.8 Å². The maximum absolute atomic E-state index is 13.3. The summed E-state index contributed by atoms with van der Waals surface area (Å²) in [7, 11) is 0. The Morgan fingerprint density at radius 1 is 0.931 bits per heavy atom. The molecular weight excluding hydrogens is 362 g/mol. The van der Waals surface area contributed by atoms with Crippen LogP contribution in [0.2, 0.25) is 0 Å². The molecule has 1 amide bonds. The molecular formula is C24H33N3O2. The molecule has 0 N–H and O–H groups in total. The van der Waals surface area contributed by atoms with Gasteiger partial charge in [0.05, 0.1) is 0 Å². The molecule has 3 rings (SSSR count). The molecule has 1 aliphatic heterocycles. The molecule has 0 aromatic heterocycles. The van der Waals surface area contributed by atoms with Crippen LogP contribution in [-0.4, -0.2) is 73.0 Å². The summed E-state index contributed by atoms with van der Waals surface area (Å²) in [6, 6.07) is 20.0. The number of hydrogen-bond donors (Lipinski definition) is 0. The first-order chi connectivity index (χ1) is 14.2. The van der Waals surface area contributed by atoms with Crippen LogP contribution in [0.1, 0.15) is 25.5 Å². The van der Waals surface area contributed by atoms with E-state index in [0.29, 0.717) is 6.61 Å². The van der Waals surface area contributed by atoms with Gasteiger partial charge in [0.25, 0.3) is 0 Å². The van der Waals surface area contributed by atoms with Crippen LogP contribution in [0, 0.1) is 0 Å². The molecule has 29 heavy (non-hydrogen) atoms. The highest BCUT2D eigenvalue weighted by atomic mass is 16.5. The van der Waals surface area contributed by atoms with Crippen LogP contribution < -0.4 is 4.74 Å². The largest absolute Gasteiger partial charge is 0.492 e. The number of nitrogens with zero attached hydrogens (tertiary/aromatic N) is 3. The zero-order valence-electron chi connectivity index (χ0n) is 17.7. The number of likely N-dealkylation sites (N-methyl/N-ethyl adjacent to an activating group) is 1. The van der Waals surface area contributed by atoms with Gasteiger partial charge >= 0.3 is 0 Å². The first-order valence-corrected chi connectivity index (χ1v) is 10.7. The second-order valence-corrected chi connectivity index (χ2v) is 7.36. The van der Waals surface area contributed by atoms with Crippen molar-refractivity contribution in [2.45, 2.75) is 19.9 Å². The number of ether oxygens (including phenoxy) is 1. The van der Waals surface area contributed by atoms with E-state index in [1.165, 1.54) is 0 Å². The number of carbonyl (C=O) groups is 1. The molecule has 2 aromatic rings. The van der Waals surface area contributed by atoms with E-state index in [0.717, 1.165) is 57.1 Å². The summed E-state index contributed by atoms with van der Waals surface area (Å²) in [4.78, 5) is 20.0. The molecule has 0 aliphatic carbocycles. The minimum absolute atomic E-state index is 0.196. The van der Waals surface area contributed by atoms with Crippen molar-refractivity contribution in [1.29, 1.82) is 0 Å². The van der Waals surface area contributed by atoms with Gasteiger partial charge in [-0.05, 0) is 31.5 Å². The molecule has 5 heteroatoms. The first kappa shape index (κ1) is 21.3. The predicted octanol–water partition coefficient (Wildman–Crippen LogP) is 3.29. The second kappa shape index (κ2) is 11.0. The van der Waals surface area contributed by atoms with Crippen molar-refractivity contribution in [3.05, 3.63) is 66.2 Å². The van der Waals surface area contributed by atoms with E-state index in [1.54, 1.807) is 0 Å². The molecule has 1 saturated heterocycles. The summed E-state index contributed by atoms with van der Waals surface area (Å²) in [6.07, 6.45) is 0. The van der Waals surface area contributed by atoms with Crippen LogP contribution in [0.5, 0.6) is 5.75 Å². The average Bonchev–Trinajstić information content (AvgIpc) is 2.77. The lowest BCUT2D eigenvalue weighted by molar-refractivity contribution is -0.137. The fourth-order valence-corrected chi connectivity index (χ4v) is 3.91. The highest BCUT2D eigenvalue weighted by Crippen LogP contribution is 2.24. The summed E-state index contributed by atoms with van der Waals surface area (Å²) in [6.45, 7) is 10.9. The number of rotatable bonds is 9. The van der Waals surface area contributed by atoms with Crippen molar-refractivity contribution < 1.29 is 9.53 Å². The first-order valence-electron chi connectivity index (χ1n) is 10.7. The molecule has 2 aromatic carbocycles. The van der Waals surface area contributed by atoms with Gasteiger partial charge in [-0.2, -0.15) is 0 Å². The van der Waals surface area contributed by atoms with Crippen molar-refractivity contribution in [1.82, 2.24) is 14.7 Å². The van der Waals surface area contributed by atoms with E-state index < -0.39 is 0 Å². The normalized spacial score (nSPS) is 16.3. The summed E-state index contributed by atoms with van der Waals surface area (Å²) in [5.74, 6) is 1.13. The number of amides is 1. The van der Waals surface area contributed by atoms with Crippen LogP contribution in [0.4, 0.5) is 0 Å². The Bertz CT molecular complexity index is 726. The van der Waals surface area contributed by atoms with Crippen LogP contribution >= 0.6 is 0 Å². The van der Waals surface area contributed by atoms with Crippen LogP contribution in [0.3, 0.4) is 0 Å². The number of hydrogen-bond acceptors (Lipinski definition) is 4. The lowest BCUT2D eigenvalue weighted by Gasteiger charge is -2.40. The van der Waals surface area contributed by atoms with Gasteiger partial charge in [0.2, 0.25) is 5.91 Å². The minimum Gasteiger partial charge on any atom is -0.492 e. The van der Waals surface area contributed by atoms with Crippen molar-refractivity contribution in [2.24, 2.45) is 0 Å². The third-order valence-electron chi connectivity index (χ3n) is 5.62. The molecule has 0 radical (unpaired) electrons. The number of carbonyl (C=O) groups excluding carboxylic acids is 1. The van der Waals surface area contributed by atoms with Crippen LogP contribution in [0.25, 0.3) is 0 Å². The average molecular weight is 396 g/mol. The van der Waals surface area contributed by atoms with E-state index in [-0.39, 0.29) is 11.9 Å². The van der Waals surface area contributed by atoms with Crippen molar-refractivity contribution >= 4 is 5.91 Å². The van der Waals surface area contributed by atoms with E-state index >= 15 is 0 Å². The summed E-state index contributed by atoms with van der Waals surface area (Å²) in [5.41, 5.74) is 1.09. The smallest absolute Gasteiger partial charge is 0.244 e. The lowest BCUT2D eigenvalue weighted by Crippen LogP contribution is -2.52. The van der Waals surface area contributed by atoms with Gasteiger partial charge in [0.1, 0.15) is 18.4 Å². The molecule has 5 nitrogen and oxygen atoms in total. The summed E-state index contributed by atoms with van der Waals surface area (Å²) in [5, 5.41) is 0. The SMILES string of the molecule is CCN(CC)C(=O)C(c1ccccc1)N1CCN(CCOc2ccccc2)CC1. The quantitative estimate of drug-likeness (QED) is 0.653. The maximum Gasteiger partial charge on any atom is 0.244 e. The Hall–Kier alpha value is -2.37. The Balaban J connectivity index is 1.57. The summed E-state index contributed by atoms with van der Waals surface area (Å²) < 4.78 is 5.84. The Kier molecular flexibility index (Phi) is 8.08. The molecule has 1 heterocycles. The molecule has 1 unspecified atom stereocenters. The molecule has 1 fully saturated rings. The standard InChI is InChI=1S/C24H33N3O2/c1-3-26(4-2)24(28)23(21-11-7-5-8-12-21)27-17-15-25(16-18-27)19-20-29-22-13-9-6-10-14-22/h5-14,23H,3-4,15-20H2,1-2H3. The molecule has 0 bridgehead atoms. The highest BCUT2D eigenvalue weighted by molar-refractivity contribution is 5.83. The van der Waals surface area contributed by atoms with Crippen molar-refractivity contribution in [3.63, 3.8) is 0 Å². The molecule has 0 saturated carbocycles. The third kappa shape index (κ3) is 5.81. The molecule has 1 atom stereocenters. The topological polar surface area (TPSA) is 36.0 Å². The fourth-order valence-electron chi connectivity index (χ4n) is 3.91. The van der Waals surface area contributed by atoms with Gasteiger partial charge < -0.3 is 9.64 Å². The van der Waals surface area contributed by atoms with Gasteiger partial charge in [-0.15, -0.1) is 0 Å². The number of para-hydroxylation sites is 1. The van der Waals surface area contributed by atoms with E-state index in [1.807, 2.05) is 67.3 Å². The Morgan fingerprint density at radius 3 is 2.10 bits per heavy atom. The third-order valence-corrected chi connectivity index (χ3v) is 5.62. The van der Waals surface area contributed by atoms with Crippen molar-refractivity contribution in [3.8, 4) is 5.75 Å². The lowest BCUT2D eigenvalue weighted by atomic mass is 10.0. The van der Waals surface area contributed by atoms with E-state index in [2.05, 4.69) is 21.9 Å². The zero-order valence-corrected chi connectivity index (χ0v) is 17.7. The van der Waals surface area contributed by atoms with Gasteiger partial charge in [-0.1, -0.05) is 48.5 Å². The van der Waals surface area contributed by atoms with E-state index in [4.69, 9.17) is 4.74 Å². The monoisotopic (exact) mass is 395 g/mol.